The molecule has 1 saturated heterocycles. The summed E-state index contributed by atoms with van der Waals surface area (Å²) in [5, 5.41) is 3.55. The van der Waals surface area contributed by atoms with Crippen molar-refractivity contribution in [1.82, 2.24) is 10.2 Å². The second kappa shape index (κ2) is 5.99. The first kappa shape index (κ1) is 12.3. The second-order valence-electron chi connectivity index (χ2n) is 5.28. The van der Waals surface area contributed by atoms with Crippen LogP contribution in [-0.2, 0) is 4.74 Å². The van der Waals surface area contributed by atoms with Gasteiger partial charge in [0, 0.05) is 24.7 Å². The summed E-state index contributed by atoms with van der Waals surface area (Å²) < 4.78 is 5.52. The van der Waals surface area contributed by atoms with Gasteiger partial charge in [0.05, 0.1) is 13.2 Å². The molecule has 2 aliphatic rings. The van der Waals surface area contributed by atoms with Gasteiger partial charge in [-0.05, 0) is 39.2 Å². The van der Waals surface area contributed by atoms with Crippen LogP contribution in [0.25, 0.3) is 0 Å². The maximum Gasteiger partial charge on any atom is 0.0620 e. The van der Waals surface area contributed by atoms with E-state index >= 15 is 0 Å². The van der Waals surface area contributed by atoms with E-state index in [0.29, 0.717) is 12.1 Å². The molecule has 3 nitrogen and oxygen atoms in total. The van der Waals surface area contributed by atoms with Crippen LogP contribution in [0.2, 0.25) is 0 Å². The summed E-state index contributed by atoms with van der Waals surface area (Å²) in [5.41, 5.74) is 0. The third kappa shape index (κ3) is 3.44. The number of hydrogen-bond acceptors (Lipinski definition) is 3. The molecule has 0 bridgehead atoms. The topological polar surface area (TPSA) is 24.5 Å². The molecule has 0 radical (unpaired) electrons. The van der Waals surface area contributed by atoms with Crippen molar-refractivity contribution in [2.75, 3.05) is 26.3 Å². The smallest absolute Gasteiger partial charge is 0.0620 e. The lowest BCUT2D eigenvalue weighted by Gasteiger charge is -2.33. The van der Waals surface area contributed by atoms with E-state index in [4.69, 9.17) is 4.74 Å². The fraction of sp³-hybridized carbons (Fsp3) is 1.00. The second-order valence-corrected chi connectivity index (χ2v) is 5.28. The van der Waals surface area contributed by atoms with Crippen molar-refractivity contribution in [1.29, 1.82) is 0 Å². The van der Waals surface area contributed by atoms with Crippen LogP contribution < -0.4 is 5.32 Å². The molecule has 16 heavy (non-hydrogen) atoms. The number of morpholine rings is 1. The molecule has 0 amide bonds. The highest BCUT2D eigenvalue weighted by atomic mass is 16.5. The summed E-state index contributed by atoms with van der Waals surface area (Å²) in [6, 6.07) is 2.16. The van der Waals surface area contributed by atoms with E-state index in [-0.39, 0.29) is 0 Å². The zero-order chi connectivity index (χ0) is 11.4. The molecule has 1 aliphatic carbocycles. The Kier molecular flexibility index (Phi) is 4.62. The molecule has 2 unspecified atom stereocenters. The zero-order valence-electron chi connectivity index (χ0n) is 10.7. The van der Waals surface area contributed by atoms with Crippen molar-refractivity contribution < 1.29 is 4.74 Å². The number of nitrogens with one attached hydrogen (secondary N) is 1. The zero-order valence-corrected chi connectivity index (χ0v) is 10.7. The van der Waals surface area contributed by atoms with E-state index in [9.17, 15) is 0 Å². The molecule has 0 aromatic heterocycles. The van der Waals surface area contributed by atoms with Crippen LogP contribution in [0.5, 0.6) is 0 Å². The molecule has 0 aromatic rings. The van der Waals surface area contributed by atoms with Gasteiger partial charge >= 0.3 is 0 Å². The molecular weight excluding hydrogens is 200 g/mol. The quantitative estimate of drug-likeness (QED) is 0.745. The first-order valence-corrected chi connectivity index (χ1v) is 6.88. The number of rotatable bonds is 6. The Labute approximate surface area is 99.5 Å². The van der Waals surface area contributed by atoms with Crippen molar-refractivity contribution in [3.8, 4) is 0 Å². The Morgan fingerprint density at radius 3 is 2.81 bits per heavy atom. The van der Waals surface area contributed by atoms with Gasteiger partial charge in [-0.25, -0.2) is 0 Å². The average molecular weight is 226 g/mol. The molecule has 1 saturated carbocycles. The largest absolute Gasteiger partial charge is 0.379 e. The van der Waals surface area contributed by atoms with E-state index in [1.165, 1.54) is 32.2 Å². The standard InChI is InChI=1S/C13H26N2O/c1-3-7-15(13-4-5-13)11(2)9-12-10-16-8-6-14-12/h11-14H,3-10H2,1-2H3. The maximum atomic E-state index is 5.52. The average Bonchev–Trinajstić information content (AvgIpc) is 3.11. The van der Waals surface area contributed by atoms with Crippen LogP contribution in [0, 0.1) is 0 Å². The van der Waals surface area contributed by atoms with Crippen LogP contribution in [0.1, 0.15) is 39.5 Å². The maximum absolute atomic E-state index is 5.52. The lowest BCUT2D eigenvalue weighted by molar-refractivity contribution is 0.0608. The van der Waals surface area contributed by atoms with Gasteiger partial charge in [-0.15, -0.1) is 0 Å². The molecule has 0 aromatic carbocycles. The van der Waals surface area contributed by atoms with Crippen LogP contribution >= 0.6 is 0 Å². The summed E-state index contributed by atoms with van der Waals surface area (Å²) in [6.07, 6.45) is 5.34. The minimum Gasteiger partial charge on any atom is -0.379 e. The number of ether oxygens (including phenoxy) is 1. The van der Waals surface area contributed by atoms with Crippen LogP contribution in [0.4, 0.5) is 0 Å². The van der Waals surface area contributed by atoms with Gasteiger partial charge in [-0.2, -0.15) is 0 Å². The lowest BCUT2D eigenvalue weighted by atomic mass is 10.1. The molecule has 94 valence electrons. The Hall–Kier alpha value is -0.120. The van der Waals surface area contributed by atoms with Crippen LogP contribution in [0.15, 0.2) is 0 Å². The summed E-state index contributed by atoms with van der Waals surface area (Å²) in [5.74, 6) is 0. The molecule has 1 heterocycles. The van der Waals surface area contributed by atoms with Crippen molar-refractivity contribution in [3.63, 3.8) is 0 Å². The van der Waals surface area contributed by atoms with Gasteiger partial charge < -0.3 is 10.1 Å². The van der Waals surface area contributed by atoms with Gasteiger partial charge in [0.1, 0.15) is 0 Å². The van der Waals surface area contributed by atoms with Crippen LogP contribution in [-0.4, -0.2) is 49.3 Å². The highest BCUT2D eigenvalue weighted by Gasteiger charge is 2.32. The van der Waals surface area contributed by atoms with Gasteiger partial charge in [0.15, 0.2) is 0 Å². The predicted octanol–water partition coefficient (Wildman–Crippen LogP) is 1.63. The van der Waals surface area contributed by atoms with Crippen LogP contribution in [0.3, 0.4) is 0 Å². The Balaban J connectivity index is 1.77. The highest BCUT2D eigenvalue weighted by molar-refractivity contribution is 4.89. The Bertz CT molecular complexity index is 200. The fourth-order valence-electron chi connectivity index (χ4n) is 2.75. The monoisotopic (exact) mass is 226 g/mol. The van der Waals surface area contributed by atoms with Crippen molar-refractivity contribution >= 4 is 0 Å². The molecule has 0 spiro atoms. The van der Waals surface area contributed by atoms with Crippen molar-refractivity contribution in [2.45, 2.75) is 57.7 Å². The van der Waals surface area contributed by atoms with E-state index in [1.54, 1.807) is 0 Å². The predicted molar refractivity (Wildman–Crippen MR) is 66.7 cm³/mol. The fourth-order valence-corrected chi connectivity index (χ4v) is 2.75. The first-order chi connectivity index (χ1) is 7.81. The molecule has 3 heteroatoms. The summed E-state index contributed by atoms with van der Waals surface area (Å²) in [7, 11) is 0. The first-order valence-electron chi connectivity index (χ1n) is 6.88. The lowest BCUT2D eigenvalue weighted by Crippen LogP contribution is -2.46. The van der Waals surface area contributed by atoms with E-state index < -0.39 is 0 Å². The molecule has 2 atom stereocenters. The number of nitrogens with zero attached hydrogens (tertiary/aromatic N) is 1. The van der Waals surface area contributed by atoms with Gasteiger partial charge in [0.25, 0.3) is 0 Å². The molecule has 2 fully saturated rings. The van der Waals surface area contributed by atoms with Gasteiger partial charge in [-0.1, -0.05) is 6.92 Å². The van der Waals surface area contributed by atoms with Gasteiger partial charge in [-0.3, -0.25) is 4.90 Å². The van der Waals surface area contributed by atoms with Gasteiger partial charge in [0.2, 0.25) is 0 Å². The molecule has 1 N–H and O–H groups in total. The Morgan fingerprint density at radius 2 is 2.25 bits per heavy atom. The van der Waals surface area contributed by atoms with E-state index in [0.717, 1.165) is 25.8 Å². The van der Waals surface area contributed by atoms with E-state index in [1.807, 2.05) is 0 Å². The summed E-state index contributed by atoms with van der Waals surface area (Å²) >= 11 is 0. The third-order valence-electron chi connectivity index (χ3n) is 3.69. The Morgan fingerprint density at radius 1 is 1.44 bits per heavy atom. The van der Waals surface area contributed by atoms with E-state index in [2.05, 4.69) is 24.1 Å². The molecule has 2 rings (SSSR count). The highest BCUT2D eigenvalue weighted by Crippen LogP contribution is 2.29. The third-order valence-corrected chi connectivity index (χ3v) is 3.69. The summed E-state index contributed by atoms with van der Waals surface area (Å²) in [6.45, 7) is 8.73. The normalized spacial score (nSPS) is 28.3. The number of hydrogen-bond donors (Lipinski definition) is 1. The van der Waals surface area contributed by atoms with Crippen molar-refractivity contribution in [2.24, 2.45) is 0 Å². The minimum absolute atomic E-state index is 0.571. The summed E-state index contributed by atoms with van der Waals surface area (Å²) in [4.78, 5) is 2.70. The SMILES string of the molecule is CCCN(C(C)CC1COCCN1)C1CC1. The molecule has 1 aliphatic heterocycles. The van der Waals surface area contributed by atoms with Crippen molar-refractivity contribution in [3.05, 3.63) is 0 Å². The molecular formula is C13H26N2O. The minimum atomic E-state index is 0.571.